The highest BCUT2D eigenvalue weighted by Crippen LogP contribution is 2.28. The average Bonchev–Trinajstić information content (AvgIpc) is 2.44. The van der Waals surface area contributed by atoms with E-state index in [-0.39, 0.29) is 0 Å². The fourth-order valence-electron chi connectivity index (χ4n) is 2.09. The zero-order valence-corrected chi connectivity index (χ0v) is 5.94. The topological polar surface area (TPSA) is 0 Å². The van der Waals surface area contributed by atoms with E-state index in [9.17, 15) is 0 Å². The molecule has 0 radical (unpaired) electrons. The van der Waals surface area contributed by atoms with Crippen molar-refractivity contribution < 1.29 is 0 Å². The minimum absolute atomic E-state index is 1.20. The van der Waals surface area contributed by atoms with Crippen LogP contribution in [0.3, 0.4) is 0 Å². The van der Waals surface area contributed by atoms with Crippen LogP contribution < -0.4 is 5.22 Å². The SMILES string of the molecule is Cc1ccc2c3c1C2=CC3. The molecule has 2 aliphatic rings. The predicted molar refractivity (Wildman–Crippen MR) is 43.3 cm³/mol. The zero-order chi connectivity index (χ0) is 6.72. The second kappa shape index (κ2) is 1.20. The van der Waals surface area contributed by atoms with Gasteiger partial charge in [0.15, 0.2) is 0 Å². The largest absolute Gasteiger partial charge is 0.0716 e. The Morgan fingerprint density at radius 1 is 1.30 bits per heavy atom. The van der Waals surface area contributed by atoms with Gasteiger partial charge >= 0.3 is 0 Å². The van der Waals surface area contributed by atoms with Gasteiger partial charge in [0.05, 0.1) is 0 Å². The second-order valence-corrected chi connectivity index (χ2v) is 3.11. The third-order valence-electron chi connectivity index (χ3n) is 2.59. The van der Waals surface area contributed by atoms with Crippen LogP contribution in [0.2, 0.25) is 0 Å². The molecular weight excluding hydrogens is 120 g/mol. The normalized spacial score (nSPS) is 14.9. The Hall–Kier alpha value is -1.04. The van der Waals surface area contributed by atoms with Gasteiger partial charge in [-0.1, -0.05) is 18.2 Å². The lowest BCUT2D eigenvalue weighted by molar-refractivity contribution is 1.40. The molecule has 10 heavy (non-hydrogen) atoms. The van der Waals surface area contributed by atoms with E-state index in [1.165, 1.54) is 22.6 Å². The number of hydrogen-bond donors (Lipinski definition) is 0. The molecule has 0 aromatic heterocycles. The van der Waals surface area contributed by atoms with Gasteiger partial charge in [-0.15, -0.1) is 0 Å². The molecule has 0 saturated heterocycles. The molecule has 3 aromatic rings. The van der Waals surface area contributed by atoms with E-state index >= 15 is 0 Å². The van der Waals surface area contributed by atoms with Crippen LogP contribution in [-0.4, -0.2) is 0 Å². The Labute approximate surface area is 59.5 Å². The van der Waals surface area contributed by atoms with Crippen LogP contribution in [0.25, 0.3) is 16.8 Å². The van der Waals surface area contributed by atoms with Crippen LogP contribution in [0.5, 0.6) is 0 Å². The summed E-state index contributed by atoms with van der Waals surface area (Å²) in [5, 5.41) is 4.59. The monoisotopic (exact) mass is 128 g/mol. The minimum Gasteiger partial charge on any atom is -0.0716 e. The fourth-order valence-corrected chi connectivity index (χ4v) is 2.09. The lowest BCUT2D eigenvalue weighted by Crippen LogP contribution is -2.09. The van der Waals surface area contributed by atoms with Gasteiger partial charge < -0.3 is 0 Å². The summed E-state index contributed by atoms with van der Waals surface area (Å²) < 4.78 is 0. The number of hydrogen-bond acceptors (Lipinski definition) is 0. The molecule has 0 atom stereocenters. The van der Waals surface area contributed by atoms with Crippen molar-refractivity contribution in [1.29, 1.82) is 0 Å². The summed E-state index contributed by atoms with van der Waals surface area (Å²) in [4.78, 5) is 0. The molecule has 5 rings (SSSR count). The summed E-state index contributed by atoms with van der Waals surface area (Å²) in [5.74, 6) is 0. The van der Waals surface area contributed by atoms with E-state index in [2.05, 4.69) is 25.1 Å². The summed E-state index contributed by atoms with van der Waals surface area (Å²) >= 11 is 0. The van der Waals surface area contributed by atoms with E-state index in [0.29, 0.717) is 0 Å². The maximum atomic E-state index is 2.34. The molecule has 3 aromatic carbocycles. The van der Waals surface area contributed by atoms with Crippen molar-refractivity contribution in [1.82, 2.24) is 0 Å². The van der Waals surface area contributed by atoms with Crippen LogP contribution in [0.15, 0.2) is 12.1 Å². The Kier molecular flexibility index (Phi) is 0.565. The first-order chi connectivity index (χ1) is 4.88. The van der Waals surface area contributed by atoms with Crippen molar-refractivity contribution >= 4 is 16.8 Å². The Bertz CT molecular complexity index is 432. The Morgan fingerprint density at radius 3 is 2.70 bits per heavy atom. The van der Waals surface area contributed by atoms with Crippen molar-refractivity contribution in [3.63, 3.8) is 0 Å². The van der Waals surface area contributed by atoms with Crippen molar-refractivity contribution in [2.24, 2.45) is 0 Å². The summed E-state index contributed by atoms with van der Waals surface area (Å²) in [6.07, 6.45) is 3.54. The maximum absolute atomic E-state index is 2.34. The van der Waals surface area contributed by atoms with Gasteiger partial charge in [-0.3, -0.25) is 0 Å². The zero-order valence-electron chi connectivity index (χ0n) is 5.94. The molecule has 0 saturated carbocycles. The Morgan fingerprint density at radius 2 is 2.20 bits per heavy atom. The number of rotatable bonds is 0. The van der Waals surface area contributed by atoms with Gasteiger partial charge in [0.2, 0.25) is 0 Å². The third kappa shape index (κ3) is 0.295. The lowest BCUT2D eigenvalue weighted by atomic mass is 9.94. The summed E-state index contributed by atoms with van der Waals surface area (Å²) in [7, 11) is 0. The first-order valence-electron chi connectivity index (χ1n) is 3.71. The number of benzene rings is 2. The number of aryl methyl sites for hydroxylation is 1. The van der Waals surface area contributed by atoms with Gasteiger partial charge in [0.25, 0.3) is 0 Å². The average molecular weight is 128 g/mol. The van der Waals surface area contributed by atoms with Crippen LogP contribution in [-0.2, 0) is 6.42 Å². The lowest BCUT2D eigenvalue weighted by Gasteiger charge is -2.09. The first kappa shape index (κ1) is 4.73. The van der Waals surface area contributed by atoms with Gasteiger partial charge in [-0.25, -0.2) is 0 Å². The van der Waals surface area contributed by atoms with E-state index in [4.69, 9.17) is 0 Å². The molecule has 0 fully saturated rings. The molecule has 0 heterocycles. The molecule has 2 aliphatic carbocycles. The van der Waals surface area contributed by atoms with E-state index in [0.717, 1.165) is 0 Å². The van der Waals surface area contributed by atoms with E-state index in [1.807, 2.05) is 0 Å². The Balaban J connectivity index is 2.72. The van der Waals surface area contributed by atoms with Gasteiger partial charge in [-0.2, -0.15) is 0 Å². The molecule has 4 bridgehead atoms. The van der Waals surface area contributed by atoms with Crippen LogP contribution in [0.4, 0.5) is 0 Å². The molecule has 0 heteroatoms. The molecule has 0 N–H and O–H groups in total. The molecule has 0 unspecified atom stereocenters. The van der Waals surface area contributed by atoms with Crippen LogP contribution in [0.1, 0.15) is 11.1 Å². The highest BCUT2D eigenvalue weighted by molar-refractivity contribution is 5.97. The van der Waals surface area contributed by atoms with E-state index < -0.39 is 0 Å². The third-order valence-corrected chi connectivity index (χ3v) is 2.59. The van der Waals surface area contributed by atoms with Crippen molar-refractivity contribution in [2.75, 3.05) is 0 Å². The highest BCUT2D eigenvalue weighted by Gasteiger charge is 2.18. The highest BCUT2D eigenvalue weighted by atomic mass is 14.2. The van der Waals surface area contributed by atoms with Gasteiger partial charge in [-0.05, 0) is 40.5 Å². The quantitative estimate of drug-likeness (QED) is 0.506. The standard InChI is InChI=1S/C10H8/c1-6-2-3-7-8-4-5-9(7)10(6)8/h2-4H,5H2,1H3. The molecule has 0 amide bonds. The molecule has 0 nitrogen and oxygen atoms in total. The molecular formula is C10H8. The molecule has 48 valence electrons. The predicted octanol–water partition coefficient (Wildman–Crippen LogP) is 1.64. The first-order valence-corrected chi connectivity index (χ1v) is 3.71. The summed E-state index contributed by atoms with van der Waals surface area (Å²) in [5.41, 5.74) is 3.05. The number of fused-ring (bicyclic) bond motifs is 3. The maximum Gasteiger partial charge on any atom is -0.00756 e. The van der Waals surface area contributed by atoms with Crippen molar-refractivity contribution in [3.05, 3.63) is 28.5 Å². The van der Waals surface area contributed by atoms with Crippen LogP contribution >= 0.6 is 0 Å². The molecule has 0 aliphatic heterocycles. The second-order valence-electron chi connectivity index (χ2n) is 3.11. The minimum atomic E-state index is 1.20. The fraction of sp³-hybridized carbons (Fsp3) is 0.200. The van der Waals surface area contributed by atoms with E-state index in [1.54, 1.807) is 10.9 Å². The summed E-state index contributed by atoms with van der Waals surface area (Å²) in [6, 6.07) is 4.47. The van der Waals surface area contributed by atoms with Gasteiger partial charge in [0.1, 0.15) is 0 Å². The van der Waals surface area contributed by atoms with Gasteiger partial charge in [0, 0.05) is 0 Å². The molecule has 0 spiro atoms. The van der Waals surface area contributed by atoms with Crippen molar-refractivity contribution in [2.45, 2.75) is 13.3 Å². The van der Waals surface area contributed by atoms with Crippen LogP contribution in [0, 0.1) is 6.92 Å². The smallest absolute Gasteiger partial charge is 0.00756 e. The van der Waals surface area contributed by atoms with Crippen molar-refractivity contribution in [3.8, 4) is 0 Å². The summed E-state index contributed by atoms with van der Waals surface area (Å²) in [6.45, 7) is 2.20.